The summed E-state index contributed by atoms with van der Waals surface area (Å²) in [6, 6.07) is 7.36. The van der Waals surface area contributed by atoms with Gasteiger partial charge in [0.15, 0.2) is 0 Å². The smallest absolute Gasteiger partial charge is 0.0116 e. The van der Waals surface area contributed by atoms with E-state index in [4.69, 9.17) is 0 Å². The molecule has 98 valence electrons. The molecule has 1 unspecified atom stereocenters. The van der Waals surface area contributed by atoms with E-state index in [2.05, 4.69) is 56.1 Å². The third kappa shape index (κ3) is 5.38. The zero-order valence-corrected chi connectivity index (χ0v) is 12.1. The molecule has 18 heavy (non-hydrogen) atoms. The lowest BCUT2D eigenvalue weighted by Gasteiger charge is -2.17. The van der Waals surface area contributed by atoms with Gasteiger partial charge in [-0.05, 0) is 45.7 Å². The van der Waals surface area contributed by atoms with Crippen LogP contribution in [0.5, 0.6) is 0 Å². The Bertz CT molecular complexity index is 403. The van der Waals surface area contributed by atoms with Crippen LogP contribution in [0.4, 0.5) is 0 Å². The van der Waals surface area contributed by atoms with Gasteiger partial charge >= 0.3 is 0 Å². The summed E-state index contributed by atoms with van der Waals surface area (Å²) in [6.07, 6.45) is 3.21. The first-order chi connectivity index (χ1) is 8.65. The molecule has 0 fully saturated rings. The Morgan fingerprint density at radius 1 is 1.17 bits per heavy atom. The van der Waals surface area contributed by atoms with Crippen molar-refractivity contribution in [1.29, 1.82) is 0 Å². The van der Waals surface area contributed by atoms with E-state index >= 15 is 0 Å². The predicted molar refractivity (Wildman–Crippen MR) is 79.8 cm³/mol. The molecule has 1 atom stereocenters. The Morgan fingerprint density at radius 2 is 1.83 bits per heavy atom. The molecule has 0 heterocycles. The molecule has 0 aliphatic rings. The molecule has 0 bridgehead atoms. The highest BCUT2D eigenvalue weighted by Crippen LogP contribution is 2.12. The molecular weight excluding hydrogens is 218 g/mol. The average molecular weight is 243 g/mol. The van der Waals surface area contributed by atoms with Gasteiger partial charge in [-0.2, -0.15) is 0 Å². The Kier molecular flexibility index (Phi) is 6.54. The van der Waals surface area contributed by atoms with Crippen molar-refractivity contribution < 1.29 is 0 Å². The molecule has 0 aromatic heterocycles. The van der Waals surface area contributed by atoms with E-state index in [0.717, 1.165) is 25.8 Å². The van der Waals surface area contributed by atoms with Gasteiger partial charge in [0, 0.05) is 12.5 Å². The molecule has 1 rings (SSSR count). The minimum Gasteiger partial charge on any atom is -0.314 e. The van der Waals surface area contributed by atoms with Gasteiger partial charge in [0.1, 0.15) is 0 Å². The highest BCUT2D eigenvalue weighted by Gasteiger charge is 2.08. The van der Waals surface area contributed by atoms with Crippen LogP contribution in [-0.2, 0) is 6.42 Å². The van der Waals surface area contributed by atoms with E-state index in [9.17, 15) is 0 Å². The number of aryl methyl sites for hydroxylation is 2. The monoisotopic (exact) mass is 243 g/mol. The van der Waals surface area contributed by atoms with E-state index in [1.807, 2.05) is 6.92 Å². The maximum Gasteiger partial charge on any atom is 0.0116 e. The fourth-order valence-electron chi connectivity index (χ4n) is 2.41. The second-order valence-electron chi connectivity index (χ2n) is 4.92. The minimum absolute atomic E-state index is 0.539. The Hall–Kier alpha value is -1.26. The maximum atomic E-state index is 3.56. The normalized spacial score (nSPS) is 11.8. The third-order valence-electron chi connectivity index (χ3n) is 3.05. The number of hydrogen-bond donors (Lipinski definition) is 1. The minimum atomic E-state index is 0.539. The number of hydrogen-bond acceptors (Lipinski definition) is 1. The van der Waals surface area contributed by atoms with Gasteiger partial charge in [-0.3, -0.25) is 0 Å². The van der Waals surface area contributed by atoms with Gasteiger partial charge in [0.25, 0.3) is 0 Å². The molecule has 1 aromatic carbocycles. The lowest BCUT2D eigenvalue weighted by Crippen LogP contribution is -2.30. The van der Waals surface area contributed by atoms with Crippen LogP contribution in [-0.4, -0.2) is 12.6 Å². The molecule has 1 heteroatoms. The first-order valence-electron chi connectivity index (χ1n) is 6.85. The van der Waals surface area contributed by atoms with E-state index in [1.165, 1.54) is 16.7 Å². The molecule has 0 amide bonds. The van der Waals surface area contributed by atoms with Gasteiger partial charge in [-0.25, -0.2) is 0 Å². The summed E-state index contributed by atoms with van der Waals surface area (Å²) in [7, 11) is 0. The number of nitrogens with one attached hydrogen (secondary N) is 1. The summed E-state index contributed by atoms with van der Waals surface area (Å²) in [5, 5.41) is 3.56. The summed E-state index contributed by atoms with van der Waals surface area (Å²) in [6.45, 7) is 9.43. The van der Waals surface area contributed by atoms with Crippen LogP contribution < -0.4 is 5.32 Å². The summed E-state index contributed by atoms with van der Waals surface area (Å²) in [4.78, 5) is 0. The van der Waals surface area contributed by atoms with Crippen molar-refractivity contribution in [2.45, 2.75) is 53.0 Å². The summed E-state index contributed by atoms with van der Waals surface area (Å²) in [5.41, 5.74) is 4.14. The van der Waals surface area contributed by atoms with Crippen molar-refractivity contribution in [1.82, 2.24) is 5.32 Å². The number of likely N-dealkylation sites (N-methyl/N-ethyl adjacent to an activating group) is 1. The van der Waals surface area contributed by atoms with Crippen molar-refractivity contribution in [3.05, 3.63) is 34.9 Å². The van der Waals surface area contributed by atoms with E-state index in [0.29, 0.717) is 6.04 Å². The highest BCUT2D eigenvalue weighted by molar-refractivity contribution is 5.29. The summed E-state index contributed by atoms with van der Waals surface area (Å²) in [5.74, 6) is 6.13. The average Bonchev–Trinajstić information content (AvgIpc) is 2.28. The fraction of sp³-hybridized carbons (Fsp3) is 0.529. The molecular formula is C17H25N. The van der Waals surface area contributed by atoms with Crippen molar-refractivity contribution in [3.8, 4) is 11.8 Å². The highest BCUT2D eigenvalue weighted by atomic mass is 14.9. The van der Waals surface area contributed by atoms with E-state index in [-0.39, 0.29) is 0 Å². The quantitative estimate of drug-likeness (QED) is 0.752. The fourth-order valence-corrected chi connectivity index (χ4v) is 2.41. The van der Waals surface area contributed by atoms with Crippen LogP contribution in [0.3, 0.4) is 0 Å². The molecule has 0 aliphatic heterocycles. The molecule has 0 spiro atoms. The van der Waals surface area contributed by atoms with Crippen molar-refractivity contribution in [2.24, 2.45) is 0 Å². The first-order valence-corrected chi connectivity index (χ1v) is 6.85. The second kappa shape index (κ2) is 7.95. The van der Waals surface area contributed by atoms with E-state index in [1.54, 1.807) is 0 Å². The van der Waals surface area contributed by atoms with Crippen LogP contribution in [0.1, 0.15) is 43.4 Å². The Balaban J connectivity index is 2.65. The predicted octanol–water partition coefficient (Wildman–Crippen LogP) is 3.63. The zero-order valence-electron chi connectivity index (χ0n) is 12.1. The Morgan fingerprint density at radius 3 is 2.39 bits per heavy atom. The topological polar surface area (TPSA) is 12.0 Å². The van der Waals surface area contributed by atoms with Gasteiger partial charge in [-0.1, -0.05) is 36.2 Å². The molecule has 0 saturated heterocycles. The lowest BCUT2D eigenvalue weighted by atomic mass is 9.98. The van der Waals surface area contributed by atoms with Crippen LogP contribution in [0, 0.1) is 25.7 Å². The third-order valence-corrected chi connectivity index (χ3v) is 3.05. The standard InChI is InChI=1S/C17H25N/c1-5-7-8-9-17(18-6-2)13-16-11-14(3)10-15(4)12-16/h10-12,17-18H,6,8-9,13H2,1-4H3. The van der Waals surface area contributed by atoms with Crippen molar-refractivity contribution in [3.63, 3.8) is 0 Å². The molecule has 1 N–H and O–H groups in total. The molecule has 1 aromatic rings. The number of rotatable bonds is 6. The van der Waals surface area contributed by atoms with Gasteiger partial charge < -0.3 is 5.32 Å². The van der Waals surface area contributed by atoms with E-state index < -0.39 is 0 Å². The Labute approximate surface area is 112 Å². The summed E-state index contributed by atoms with van der Waals surface area (Å²) < 4.78 is 0. The van der Waals surface area contributed by atoms with Gasteiger partial charge in [0.05, 0.1) is 0 Å². The van der Waals surface area contributed by atoms with Crippen LogP contribution >= 0.6 is 0 Å². The maximum absolute atomic E-state index is 3.56. The molecule has 0 saturated carbocycles. The van der Waals surface area contributed by atoms with Gasteiger partial charge in [-0.15, -0.1) is 11.8 Å². The van der Waals surface area contributed by atoms with Crippen molar-refractivity contribution >= 4 is 0 Å². The van der Waals surface area contributed by atoms with Crippen LogP contribution in [0.15, 0.2) is 18.2 Å². The van der Waals surface area contributed by atoms with Gasteiger partial charge in [0.2, 0.25) is 0 Å². The molecule has 1 nitrogen and oxygen atoms in total. The van der Waals surface area contributed by atoms with Crippen molar-refractivity contribution in [2.75, 3.05) is 6.54 Å². The summed E-state index contributed by atoms with van der Waals surface area (Å²) >= 11 is 0. The largest absolute Gasteiger partial charge is 0.314 e. The van der Waals surface area contributed by atoms with Crippen LogP contribution in [0.2, 0.25) is 0 Å². The first kappa shape index (κ1) is 14.8. The lowest BCUT2D eigenvalue weighted by molar-refractivity contribution is 0.497. The molecule has 0 radical (unpaired) electrons. The molecule has 0 aliphatic carbocycles. The number of benzene rings is 1. The zero-order chi connectivity index (χ0) is 13.4. The second-order valence-corrected chi connectivity index (χ2v) is 4.92. The van der Waals surface area contributed by atoms with Crippen LogP contribution in [0.25, 0.3) is 0 Å². The SMILES string of the molecule is CC#CCCC(Cc1cc(C)cc(C)c1)NCC.